The van der Waals surface area contributed by atoms with Gasteiger partial charge in [0, 0.05) is 10.9 Å². The first-order chi connectivity index (χ1) is 9.40. The molecule has 1 heterocycles. The van der Waals surface area contributed by atoms with Crippen LogP contribution in [0.25, 0.3) is 11.0 Å². The summed E-state index contributed by atoms with van der Waals surface area (Å²) >= 11 is 0. The second-order valence-electron chi connectivity index (χ2n) is 4.86. The number of hydrogen-bond acceptors (Lipinski definition) is 4. The van der Waals surface area contributed by atoms with Gasteiger partial charge in [0.1, 0.15) is 5.58 Å². The molecule has 2 aromatic rings. The number of carbonyl (C=O) groups excluding carboxylic acids is 2. The van der Waals surface area contributed by atoms with Crippen molar-refractivity contribution >= 4 is 22.8 Å². The van der Waals surface area contributed by atoms with Crippen molar-refractivity contribution in [2.75, 3.05) is 0 Å². The second-order valence-corrected chi connectivity index (χ2v) is 4.86. The normalized spacial score (nSPS) is 12.3. The zero-order valence-electron chi connectivity index (χ0n) is 11.7. The summed E-state index contributed by atoms with van der Waals surface area (Å²) in [5.74, 6) is -1.17. The van der Waals surface area contributed by atoms with Crippen LogP contribution in [0.4, 0.5) is 0 Å². The first-order valence-corrected chi connectivity index (χ1v) is 6.35. The highest BCUT2D eigenvalue weighted by Crippen LogP contribution is 2.26. The van der Waals surface area contributed by atoms with Gasteiger partial charge in [0.05, 0.1) is 12.7 Å². The lowest BCUT2D eigenvalue weighted by atomic mass is 10.0. The molecule has 0 saturated heterocycles. The zero-order valence-corrected chi connectivity index (χ0v) is 11.7. The van der Waals surface area contributed by atoms with Crippen molar-refractivity contribution < 1.29 is 18.7 Å². The minimum absolute atomic E-state index is 0.0487. The standard InChI is InChI=1S/C15H17NO4/c1-8-4-5-12-11(7-19-14(12)9(8)2)6-13(17)20-10(3)15(16)18/h4-5,7,10H,6H2,1-3H3,(H2,16,18)/t10-/m1/s1. The van der Waals surface area contributed by atoms with Crippen molar-refractivity contribution in [1.82, 2.24) is 0 Å². The van der Waals surface area contributed by atoms with E-state index >= 15 is 0 Å². The molecule has 2 N–H and O–H groups in total. The lowest BCUT2D eigenvalue weighted by molar-refractivity contribution is -0.153. The summed E-state index contributed by atoms with van der Waals surface area (Å²) in [6, 6.07) is 3.90. The van der Waals surface area contributed by atoms with Crippen molar-refractivity contribution in [2.45, 2.75) is 33.3 Å². The Kier molecular flexibility index (Phi) is 3.79. The fourth-order valence-electron chi connectivity index (χ4n) is 1.98. The number of esters is 1. The molecule has 0 unspecified atom stereocenters. The Morgan fingerprint density at radius 1 is 1.35 bits per heavy atom. The quantitative estimate of drug-likeness (QED) is 0.865. The topological polar surface area (TPSA) is 82.5 Å². The smallest absolute Gasteiger partial charge is 0.311 e. The van der Waals surface area contributed by atoms with Crippen LogP contribution in [0.5, 0.6) is 0 Å². The summed E-state index contributed by atoms with van der Waals surface area (Å²) in [6.45, 7) is 5.42. The van der Waals surface area contributed by atoms with Crippen LogP contribution >= 0.6 is 0 Å². The molecule has 2 rings (SSSR count). The fourth-order valence-corrected chi connectivity index (χ4v) is 1.98. The van der Waals surface area contributed by atoms with Gasteiger partial charge in [-0.05, 0) is 31.9 Å². The molecule has 0 spiro atoms. The summed E-state index contributed by atoms with van der Waals surface area (Å²) in [7, 11) is 0. The number of fused-ring (bicyclic) bond motifs is 1. The van der Waals surface area contributed by atoms with Crippen molar-refractivity contribution in [3.8, 4) is 0 Å². The Bertz CT molecular complexity index is 672. The van der Waals surface area contributed by atoms with Crippen LogP contribution in [0, 0.1) is 13.8 Å². The summed E-state index contributed by atoms with van der Waals surface area (Å²) in [4.78, 5) is 22.6. The SMILES string of the molecule is Cc1ccc2c(CC(=O)O[C@H](C)C(N)=O)coc2c1C. The molecule has 0 aliphatic carbocycles. The van der Waals surface area contributed by atoms with Crippen LogP contribution in [0.15, 0.2) is 22.8 Å². The van der Waals surface area contributed by atoms with Gasteiger partial charge in [-0.3, -0.25) is 9.59 Å². The zero-order chi connectivity index (χ0) is 14.9. The maximum Gasteiger partial charge on any atom is 0.311 e. The van der Waals surface area contributed by atoms with Crippen LogP contribution in [0.2, 0.25) is 0 Å². The van der Waals surface area contributed by atoms with Gasteiger partial charge in [0.15, 0.2) is 6.10 Å². The number of ether oxygens (including phenoxy) is 1. The Balaban J connectivity index is 2.21. The molecule has 1 amide bonds. The average Bonchev–Trinajstić information content (AvgIpc) is 2.77. The minimum Gasteiger partial charge on any atom is -0.464 e. The minimum atomic E-state index is -0.926. The third-order valence-electron chi connectivity index (χ3n) is 3.39. The van der Waals surface area contributed by atoms with Gasteiger partial charge in [-0.2, -0.15) is 0 Å². The van der Waals surface area contributed by atoms with Gasteiger partial charge < -0.3 is 14.9 Å². The summed E-state index contributed by atoms with van der Waals surface area (Å²) < 4.78 is 10.4. The number of carbonyl (C=O) groups is 2. The molecule has 20 heavy (non-hydrogen) atoms. The Labute approximate surface area is 116 Å². The van der Waals surface area contributed by atoms with Gasteiger partial charge >= 0.3 is 5.97 Å². The summed E-state index contributed by atoms with van der Waals surface area (Å²) in [5.41, 5.74) is 8.74. The van der Waals surface area contributed by atoms with Gasteiger partial charge in [0.25, 0.3) is 5.91 Å². The van der Waals surface area contributed by atoms with Gasteiger partial charge in [-0.1, -0.05) is 12.1 Å². The van der Waals surface area contributed by atoms with E-state index in [4.69, 9.17) is 14.9 Å². The van der Waals surface area contributed by atoms with Gasteiger partial charge in [-0.15, -0.1) is 0 Å². The molecular formula is C15H17NO4. The fraction of sp³-hybridized carbons (Fsp3) is 0.333. The van der Waals surface area contributed by atoms with E-state index in [1.165, 1.54) is 6.92 Å². The molecule has 1 atom stereocenters. The van der Waals surface area contributed by atoms with Crippen molar-refractivity contribution in [3.63, 3.8) is 0 Å². The van der Waals surface area contributed by atoms with Crippen LogP contribution in [0.3, 0.4) is 0 Å². The third-order valence-corrected chi connectivity index (χ3v) is 3.39. The van der Waals surface area contributed by atoms with Crippen LogP contribution in [0.1, 0.15) is 23.6 Å². The lowest BCUT2D eigenvalue weighted by Crippen LogP contribution is -2.30. The largest absolute Gasteiger partial charge is 0.464 e. The molecule has 106 valence electrons. The Morgan fingerprint density at radius 2 is 2.05 bits per heavy atom. The number of benzene rings is 1. The van der Waals surface area contributed by atoms with E-state index in [1.807, 2.05) is 26.0 Å². The molecule has 0 fully saturated rings. The second kappa shape index (κ2) is 5.36. The van der Waals surface area contributed by atoms with Gasteiger partial charge in [-0.25, -0.2) is 0 Å². The predicted octanol–water partition coefficient (Wildman–Crippen LogP) is 2.01. The Hall–Kier alpha value is -2.30. The van der Waals surface area contributed by atoms with E-state index < -0.39 is 18.0 Å². The number of nitrogens with two attached hydrogens (primary N) is 1. The maximum atomic E-state index is 11.7. The predicted molar refractivity (Wildman–Crippen MR) is 74.1 cm³/mol. The van der Waals surface area contributed by atoms with Crippen LogP contribution in [-0.2, 0) is 20.7 Å². The molecular weight excluding hydrogens is 258 g/mol. The first-order valence-electron chi connectivity index (χ1n) is 6.35. The van der Waals surface area contributed by atoms with E-state index in [1.54, 1.807) is 6.26 Å². The van der Waals surface area contributed by atoms with Crippen molar-refractivity contribution in [3.05, 3.63) is 35.1 Å². The van der Waals surface area contributed by atoms with E-state index in [0.29, 0.717) is 0 Å². The highest BCUT2D eigenvalue weighted by molar-refractivity contribution is 5.89. The molecule has 0 bridgehead atoms. The maximum absolute atomic E-state index is 11.7. The molecule has 5 heteroatoms. The highest BCUT2D eigenvalue weighted by atomic mass is 16.5. The monoisotopic (exact) mass is 275 g/mol. The summed E-state index contributed by atoms with van der Waals surface area (Å²) in [6.07, 6.45) is 0.671. The molecule has 0 aliphatic rings. The third kappa shape index (κ3) is 2.66. The number of furan rings is 1. The van der Waals surface area contributed by atoms with E-state index in [2.05, 4.69) is 0 Å². The van der Waals surface area contributed by atoms with Crippen LogP contribution in [-0.4, -0.2) is 18.0 Å². The Morgan fingerprint density at radius 3 is 2.70 bits per heavy atom. The molecule has 5 nitrogen and oxygen atoms in total. The van der Waals surface area contributed by atoms with E-state index in [-0.39, 0.29) is 6.42 Å². The van der Waals surface area contributed by atoms with Crippen molar-refractivity contribution in [2.24, 2.45) is 5.73 Å². The molecule has 0 radical (unpaired) electrons. The van der Waals surface area contributed by atoms with Gasteiger partial charge in [0.2, 0.25) is 0 Å². The number of hydrogen-bond donors (Lipinski definition) is 1. The van der Waals surface area contributed by atoms with Crippen LogP contribution < -0.4 is 5.73 Å². The van der Waals surface area contributed by atoms with E-state index in [0.717, 1.165) is 27.7 Å². The summed E-state index contributed by atoms with van der Waals surface area (Å²) in [5, 5.41) is 0.886. The first kappa shape index (κ1) is 14.1. The number of aryl methyl sites for hydroxylation is 2. The average molecular weight is 275 g/mol. The van der Waals surface area contributed by atoms with Crippen molar-refractivity contribution in [1.29, 1.82) is 0 Å². The molecule has 0 saturated carbocycles. The number of primary amides is 1. The molecule has 0 aliphatic heterocycles. The number of amides is 1. The molecule has 1 aromatic heterocycles. The molecule has 1 aromatic carbocycles. The highest BCUT2D eigenvalue weighted by Gasteiger charge is 2.17. The van der Waals surface area contributed by atoms with E-state index in [9.17, 15) is 9.59 Å². The lowest BCUT2D eigenvalue weighted by Gasteiger charge is -2.08. The number of rotatable bonds is 4.